The van der Waals surface area contributed by atoms with E-state index in [-0.39, 0.29) is 12.5 Å². The molecule has 0 spiro atoms. The number of carboxylic acid groups (broad SMARTS) is 1. The van der Waals surface area contributed by atoms with Gasteiger partial charge in [-0.1, -0.05) is 33.1 Å². The normalized spacial score (nSPS) is 26.5. The van der Waals surface area contributed by atoms with E-state index in [4.69, 9.17) is 4.74 Å². The summed E-state index contributed by atoms with van der Waals surface area (Å²) in [7, 11) is 0. The third kappa shape index (κ3) is 3.28. The molecular weight excluding hydrogens is 244 g/mol. The molecule has 1 rings (SSSR count). The van der Waals surface area contributed by atoms with Gasteiger partial charge in [0.25, 0.3) is 0 Å². The van der Waals surface area contributed by atoms with Crippen LogP contribution in [0.1, 0.15) is 59.3 Å². The molecule has 0 aliphatic heterocycles. The average molecular weight is 270 g/mol. The number of carbonyl (C=O) groups excluding carboxylic acids is 1. The summed E-state index contributed by atoms with van der Waals surface area (Å²) in [6.45, 7) is 6.06. The van der Waals surface area contributed by atoms with Crippen LogP contribution in [-0.4, -0.2) is 23.7 Å². The molecule has 0 amide bonds. The van der Waals surface area contributed by atoms with E-state index in [1.54, 1.807) is 6.92 Å². The smallest absolute Gasteiger partial charge is 0.323 e. The highest BCUT2D eigenvalue weighted by Crippen LogP contribution is 2.44. The van der Waals surface area contributed by atoms with E-state index < -0.39 is 17.4 Å². The van der Waals surface area contributed by atoms with E-state index in [9.17, 15) is 14.7 Å². The molecule has 1 fully saturated rings. The topological polar surface area (TPSA) is 63.6 Å². The summed E-state index contributed by atoms with van der Waals surface area (Å²) in [4.78, 5) is 24.1. The lowest BCUT2D eigenvalue weighted by atomic mass is 9.65. The highest BCUT2D eigenvalue weighted by molar-refractivity contribution is 5.99. The first kappa shape index (κ1) is 16.0. The monoisotopic (exact) mass is 270 g/mol. The minimum atomic E-state index is -1.33. The number of rotatable bonds is 6. The molecule has 1 unspecified atom stereocenters. The summed E-state index contributed by atoms with van der Waals surface area (Å²) < 4.78 is 5.08. The van der Waals surface area contributed by atoms with Crippen LogP contribution in [0.2, 0.25) is 0 Å². The van der Waals surface area contributed by atoms with Crippen LogP contribution in [0.5, 0.6) is 0 Å². The van der Waals surface area contributed by atoms with Crippen LogP contribution in [0.4, 0.5) is 0 Å². The number of ether oxygens (including phenoxy) is 1. The number of hydrogen-bond acceptors (Lipinski definition) is 3. The molecule has 110 valence electrons. The fraction of sp³-hybridized carbons (Fsp3) is 0.867. The van der Waals surface area contributed by atoms with Crippen LogP contribution in [-0.2, 0) is 14.3 Å². The van der Waals surface area contributed by atoms with Gasteiger partial charge in [0.05, 0.1) is 6.61 Å². The van der Waals surface area contributed by atoms with Crippen molar-refractivity contribution in [3.8, 4) is 0 Å². The third-order valence-electron chi connectivity index (χ3n) is 4.38. The van der Waals surface area contributed by atoms with Crippen LogP contribution in [0.25, 0.3) is 0 Å². The number of carbonyl (C=O) groups is 2. The van der Waals surface area contributed by atoms with Crippen molar-refractivity contribution in [1.82, 2.24) is 0 Å². The molecule has 4 nitrogen and oxygen atoms in total. The Morgan fingerprint density at radius 1 is 1.21 bits per heavy atom. The maximum absolute atomic E-state index is 12.3. The number of hydrogen-bond donors (Lipinski definition) is 1. The Morgan fingerprint density at radius 3 is 2.21 bits per heavy atom. The largest absolute Gasteiger partial charge is 0.480 e. The van der Waals surface area contributed by atoms with Crippen LogP contribution < -0.4 is 0 Å². The molecule has 0 aromatic rings. The SMILES string of the molecule is CCCC(C(=O)O)(C(=O)OCC)C1CCC(C)CC1. The minimum absolute atomic E-state index is 0.0831. The first-order valence-electron chi connectivity index (χ1n) is 7.39. The minimum Gasteiger partial charge on any atom is -0.480 e. The molecule has 1 saturated carbocycles. The van der Waals surface area contributed by atoms with Crippen molar-refractivity contribution in [2.75, 3.05) is 6.61 Å². The Labute approximate surface area is 115 Å². The van der Waals surface area contributed by atoms with E-state index in [1.165, 1.54) is 0 Å². The number of aliphatic carboxylic acids is 1. The first-order chi connectivity index (χ1) is 8.98. The van der Waals surface area contributed by atoms with Crippen molar-refractivity contribution < 1.29 is 19.4 Å². The van der Waals surface area contributed by atoms with Gasteiger partial charge < -0.3 is 9.84 Å². The maximum atomic E-state index is 12.3. The van der Waals surface area contributed by atoms with Gasteiger partial charge in [0.1, 0.15) is 0 Å². The van der Waals surface area contributed by atoms with Gasteiger partial charge in [-0.15, -0.1) is 0 Å². The molecule has 1 aliphatic carbocycles. The van der Waals surface area contributed by atoms with Crippen LogP contribution in [0.3, 0.4) is 0 Å². The molecule has 1 atom stereocenters. The van der Waals surface area contributed by atoms with Gasteiger partial charge in [-0.25, -0.2) is 0 Å². The van der Waals surface area contributed by atoms with Gasteiger partial charge in [0.15, 0.2) is 5.41 Å². The van der Waals surface area contributed by atoms with E-state index in [1.807, 2.05) is 6.92 Å². The number of carboxylic acids is 1. The highest BCUT2D eigenvalue weighted by Gasteiger charge is 2.53. The van der Waals surface area contributed by atoms with Crippen molar-refractivity contribution in [3.05, 3.63) is 0 Å². The summed E-state index contributed by atoms with van der Waals surface area (Å²) in [6, 6.07) is 0. The zero-order chi connectivity index (χ0) is 14.5. The molecule has 1 aliphatic rings. The van der Waals surface area contributed by atoms with Gasteiger partial charge >= 0.3 is 11.9 Å². The molecule has 19 heavy (non-hydrogen) atoms. The lowest BCUT2D eigenvalue weighted by Gasteiger charge is -2.38. The average Bonchev–Trinajstić information content (AvgIpc) is 2.37. The second-order valence-corrected chi connectivity index (χ2v) is 5.70. The molecule has 0 aromatic heterocycles. The van der Waals surface area contributed by atoms with Gasteiger partial charge in [0.2, 0.25) is 0 Å². The predicted octanol–water partition coefficient (Wildman–Crippen LogP) is 3.25. The van der Waals surface area contributed by atoms with Crippen molar-refractivity contribution in [2.45, 2.75) is 59.3 Å². The van der Waals surface area contributed by atoms with Gasteiger partial charge in [-0.2, -0.15) is 0 Å². The summed E-state index contributed by atoms with van der Waals surface area (Å²) in [5.41, 5.74) is -1.33. The summed E-state index contributed by atoms with van der Waals surface area (Å²) in [5.74, 6) is -0.997. The van der Waals surface area contributed by atoms with Crippen molar-refractivity contribution >= 4 is 11.9 Å². The summed E-state index contributed by atoms with van der Waals surface area (Å²) in [6.07, 6.45) is 4.68. The van der Waals surface area contributed by atoms with Crippen LogP contribution in [0, 0.1) is 17.3 Å². The van der Waals surface area contributed by atoms with Crippen LogP contribution in [0.15, 0.2) is 0 Å². The quantitative estimate of drug-likeness (QED) is 0.594. The Morgan fingerprint density at radius 2 is 1.79 bits per heavy atom. The standard InChI is InChI=1S/C15H26O4/c1-4-10-15(13(16)17,14(18)19-5-2)12-8-6-11(3)7-9-12/h11-12H,4-10H2,1-3H3,(H,16,17). The van der Waals surface area contributed by atoms with Crippen molar-refractivity contribution in [3.63, 3.8) is 0 Å². The van der Waals surface area contributed by atoms with E-state index in [0.717, 1.165) is 25.7 Å². The Hall–Kier alpha value is -1.06. The first-order valence-corrected chi connectivity index (χ1v) is 7.39. The lowest BCUT2D eigenvalue weighted by Crippen LogP contribution is -2.48. The van der Waals surface area contributed by atoms with E-state index >= 15 is 0 Å². The highest BCUT2D eigenvalue weighted by atomic mass is 16.5. The molecule has 0 saturated heterocycles. The zero-order valence-electron chi connectivity index (χ0n) is 12.3. The van der Waals surface area contributed by atoms with Crippen molar-refractivity contribution in [2.24, 2.45) is 17.3 Å². The fourth-order valence-electron chi connectivity index (χ4n) is 3.25. The second-order valence-electron chi connectivity index (χ2n) is 5.70. The molecule has 4 heteroatoms. The zero-order valence-corrected chi connectivity index (χ0v) is 12.3. The van der Waals surface area contributed by atoms with Crippen molar-refractivity contribution in [1.29, 1.82) is 0 Å². The van der Waals surface area contributed by atoms with E-state index in [0.29, 0.717) is 18.8 Å². The second kappa shape index (κ2) is 6.92. The van der Waals surface area contributed by atoms with Gasteiger partial charge in [0, 0.05) is 0 Å². The Kier molecular flexibility index (Phi) is 5.83. The molecule has 0 aromatic carbocycles. The van der Waals surface area contributed by atoms with Gasteiger partial charge in [-0.05, 0) is 38.0 Å². The summed E-state index contributed by atoms with van der Waals surface area (Å²) in [5, 5.41) is 9.67. The molecule has 0 bridgehead atoms. The molecule has 1 N–H and O–H groups in total. The molecular formula is C15H26O4. The fourth-order valence-corrected chi connectivity index (χ4v) is 3.25. The molecule has 0 radical (unpaired) electrons. The maximum Gasteiger partial charge on any atom is 0.323 e. The van der Waals surface area contributed by atoms with Gasteiger partial charge in [-0.3, -0.25) is 9.59 Å². The number of esters is 1. The lowest BCUT2D eigenvalue weighted by molar-refractivity contribution is -0.175. The summed E-state index contributed by atoms with van der Waals surface area (Å²) >= 11 is 0. The molecule has 0 heterocycles. The predicted molar refractivity (Wildman–Crippen MR) is 72.7 cm³/mol. The van der Waals surface area contributed by atoms with E-state index in [2.05, 4.69) is 6.92 Å². The Bertz CT molecular complexity index is 318. The Balaban J connectivity index is 3.01. The van der Waals surface area contributed by atoms with Crippen LogP contribution >= 0.6 is 0 Å². The third-order valence-corrected chi connectivity index (χ3v) is 4.38.